The lowest BCUT2D eigenvalue weighted by Crippen LogP contribution is -2.37. The Hall–Kier alpha value is -1.77. The summed E-state index contributed by atoms with van der Waals surface area (Å²) in [5.74, 6) is 2.68. The Labute approximate surface area is 185 Å². The number of aromatic nitrogens is 1. The number of guanidine groups is 1. The van der Waals surface area contributed by atoms with Gasteiger partial charge < -0.3 is 19.9 Å². The molecule has 0 atom stereocenters. The minimum Gasteiger partial charge on any atom is -0.494 e. The van der Waals surface area contributed by atoms with Gasteiger partial charge in [0.2, 0.25) is 0 Å². The molecule has 6 nitrogen and oxygen atoms in total. The predicted octanol–water partition coefficient (Wildman–Crippen LogP) is 4.33. The van der Waals surface area contributed by atoms with Crippen molar-refractivity contribution in [3.8, 4) is 5.75 Å². The molecule has 2 rings (SSSR count). The summed E-state index contributed by atoms with van der Waals surface area (Å²) in [5.41, 5.74) is 2.12. The highest BCUT2D eigenvalue weighted by molar-refractivity contribution is 14.0. The van der Waals surface area contributed by atoms with Crippen LogP contribution in [0.25, 0.3) is 0 Å². The van der Waals surface area contributed by atoms with E-state index < -0.39 is 0 Å². The smallest absolute Gasteiger partial charge is 0.191 e. The van der Waals surface area contributed by atoms with Crippen molar-refractivity contribution in [3.63, 3.8) is 0 Å². The summed E-state index contributed by atoms with van der Waals surface area (Å²) in [6, 6.07) is 9.92. The lowest BCUT2D eigenvalue weighted by Gasteiger charge is -2.11. The van der Waals surface area contributed by atoms with Crippen LogP contribution < -0.4 is 15.4 Å². The molecule has 156 valence electrons. The second-order valence-corrected chi connectivity index (χ2v) is 6.23. The van der Waals surface area contributed by atoms with Gasteiger partial charge in [0.25, 0.3) is 0 Å². The summed E-state index contributed by atoms with van der Waals surface area (Å²) in [5, 5.41) is 10.8. The minimum atomic E-state index is 0. The number of rotatable bonds is 11. The lowest BCUT2D eigenvalue weighted by molar-refractivity contribution is 0.307. The molecular weight excluding hydrogens is 467 g/mol. The van der Waals surface area contributed by atoms with E-state index in [2.05, 4.69) is 36.6 Å². The monoisotopic (exact) mass is 500 g/mol. The van der Waals surface area contributed by atoms with Crippen molar-refractivity contribution in [2.45, 2.75) is 53.0 Å². The number of aryl methyl sites for hydroxylation is 2. The van der Waals surface area contributed by atoms with Gasteiger partial charge in [0.1, 0.15) is 11.5 Å². The first-order chi connectivity index (χ1) is 13.3. The molecular formula is C21H33IN4O2. The molecule has 0 spiro atoms. The molecule has 0 saturated carbocycles. The summed E-state index contributed by atoms with van der Waals surface area (Å²) in [4.78, 5) is 4.70. The molecule has 0 unspecified atom stereocenters. The van der Waals surface area contributed by atoms with Crippen LogP contribution in [0.2, 0.25) is 0 Å². The van der Waals surface area contributed by atoms with Gasteiger partial charge in [0.05, 0.1) is 18.8 Å². The Morgan fingerprint density at radius 3 is 2.54 bits per heavy atom. The number of halogens is 1. The highest BCUT2D eigenvalue weighted by Crippen LogP contribution is 2.16. The van der Waals surface area contributed by atoms with Crippen LogP contribution in [0.15, 0.2) is 39.8 Å². The summed E-state index contributed by atoms with van der Waals surface area (Å²) < 4.78 is 11.1. The van der Waals surface area contributed by atoms with E-state index in [9.17, 15) is 0 Å². The van der Waals surface area contributed by atoms with Gasteiger partial charge in [0.15, 0.2) is 5.96 Å². The molecule has 0 amide bonds. The molecule has 1 aromatic carbocycles. The van der Waals surface area contributed by atoms with Gasteiger partial charge in [-0.1, -0.05) is 37.2 Å². The van der Waals surface area contributed by atoms with Gasteiger partial charge in [-0.15, -0.1) is 24.0 Å². The highest BCUT2D eigenvalue weighted by atomic mass is 127. The van der Waals surface area contributed by atoms with Gasteiger partial charge in [-0.3, -0.25) is 0 Å². The molecule has 0 aliphatic rings. The van der Waals surface area contributed by atoms with Crippen molar-refractivity contribution >= 4 is 29.9 Å². The Bertz CT molecular complexity index is 667. The van der Waals surface area contributed by atoms with Crippen LogP contribution in [0, 0.1) is 0 Å². The Kier molecular flexibility index (Phi) is 12.4. The lowest BCUT2D eigenvalue weighted by atomic mass is 10.1. The number of hydrogen-bond acceptors (Lipinski definition) is 4. The van der Waals surface area contributed by atoms with E-state index in [1.807, 2.05) is 30.3 Å². The van der Waals surface area contributed by atoms with Gasteiger partial charge >= 0.3 is 0 Å². The van der Waals surface area contributed by atoms with Crippen LogP contribution in [0.4, 0.5) is 0 Å². The maximum atomic E-state index is 5.72. The van der Waals surface area contributed by atoms with E-state index in [0.29, 0.717) is 6.54 Å². The summed E-state index contributed by atoms with van der Waals surface area (Å²) in [7, 11) is 0. The summed E-state index contributed by atoms with van der Waals surface area (Å²) in [6.07, 6.45) is 3.71. The second-order valence-electron chi connectivity index (χ2n) is 6.23. The normalized spacial score (nSPS) is 11.0. The van der Waals surface area contributed by atoms with E-state index in [1.165, 1.54) is 0 Å². The molecule has 0 saturated heterocycles. The topological polar surface area (TPSA) is 71.7 Å². The standard InChI is InChI=1S/C21H32N4O2.HI/c1-4-19-18(20(5-2)27-25-19)16-24-21(22-6-3)23-14-10-11-15-26-17-12-8-7-9-13-17;/h7-9,12-13H,4-6,10-11,14-16H2,1-3H3,(H2,22,23,24);1H. The van der Waals surface area contributed by atoms with Crippen molar-refractivity contribution in [3.05, 3.63) is 47.3 Å². The van der Waals surface area contributed by atoms with Gasteiger partial charge in [-0.25, -0.2) is 4.99 Å². The van der Waals surface area contributed by atoms with Crippen LogP contribution in [0.5, 0.6) is 5.75 Å². The van der Waals surface area contributed by atoms with Crippen LogP contribution in [0.1, 0.15) is 50.6 Å². The number of aliphatic imine (C=N–C) groups is 1. The van der Waals surface area contributed by atoms with Crippen molar-refractivity contribution in [2.75, 3.05) is 19.7 Å². The molecule has 0 bridgehead atoms. The largest absolute Gasteiger partial charge is 0.494 e. The van der Waals surface area contributed by atoms with Crippen molar-refractivity contribution < 1.29 is 9.26 Å². The fourth-order valence-corrected chi connectivity index (χ4v) is 2.76. The maximum absolute atomic E-state index is 5.72. The molecule has 2 N–H and O–H groups in total. The first-order valence-corrected chi connectivity index (χ1v) is 9.94. The quantitative estimate of drug-likeness (QED) is 0.208. The molecule has 0 aliphatic carbocycles. The number of hydrogen-bond donors (Lipinski definition) is 2. The Balaban J connectivity index is 0.00000392. The molecule has 28 heavy (non-hydrogen) atoms. The Morgan fingerprint density at radius 1 is 1.07 bits per heavy atom. The van der Waals surface area contributed by atoms with Crippen molar-refractivity contribution in [1.29, 1.82) is 0 Å². The number of nitrogens with one attached hydrogen (secondary N) is 2. The van der Waals surface area contributed by atoms with E-state index >= 15 is 0 Å². The zero-order chi connectivity index (χ0) is 19.3. The summed E-state index contributed by atoms with van der Waals surface area (Å²) in [6.45, 7) is 9.23. The molecule has 0 radical (unpaired) electrons. The van der Waals surface area contributed by atoms with Crippen LogP contribution >= 0.6 is 24.0 Å². The summed E-state index contributed by atoms with van der Waals surface area (Å²) >= 11 is 0. The third kappa shape index (κ3) is 8.08. The van der Waals surface area contributed by atoms with Crippen molar-refractivity contribution in [1.82, 2.24) is 15.8 Å². The first kappa shape index (κ1) is 24.3. The van der Waals surface area contributed by atoms with Crippen LogP contribution in [-0.2, 0) is 19.4 Å². The fraction of sp³-hybridized carbons (Fsp3) is 0.524. The number of unbranched alkanes of at least 4 members (excludes halogenated alkanes) is 1. The van der Waals surface area contributed by atoms with E-state index in [-0.39, 0.29) is 24.0 Å². The minimum absolute atomic E-state index is 0. The van der Waals surface area contributed by atoms with Gasteiger partial charge in [0, 0.05) is 25.1 Å². The number of para-hydroxylation sites is 1. The molecule has 0 aliphatic heterocycles. The fourth-order valence-electron chi connectivity index (χ4n) is 2.76. The zero-order valence-corrected chi connectivity index (χ0v) is 19.5. The molecule has 1 heterocycles. The van der Waals surface area contributed by atoms with Gasteiger partial charge in [-0.05, 0) is 38.3 Å². The van der Waals surface area contributed by atoms with Crippen molar-refractivity contribution in [2.24, 2.45) is 4.99 Å². The number of benzene rings is 1. The molecule has 2 aromatic rings. The van der Waals surface area contributed by atoms with E-state index in [0.717, 1.165) is 74.1 Å². The third-order valence-electron chi connectivity index (χ3n) is 4.22. The molecule has 0 fully saturated rings. The third-order valence-corrected chi connectivity index (χ3v) is 4.22. The van der Waals surface area contributed by atoms with Crippen LogP contribution in [0.3, 0.4) is 0 Å². The second kappa shape index (κ2) is 14.3. The Morgan fingerprint density at radius 2 is 1.86 bits per heavy atom. The average molecular weight is 500 g/mol. The maximum Gasteiger partial charge on any atom is 0.191 e. The first-order valence-electron chi connectivity index (χ1n) is 9.94. The van der Waals surface area contributed by atoms with Gasteiger partial charge in [-0.2, -0.15) is 0 Å². The molecule has 7 heteroatoms. The van der Waals surface area contributed by atoms with Crippen LogP contribution in [-0.4, -0.2) is 30.8 Å². The zero-order valence-electron chi connectivity index (χ0n) is 17.2. The molecule has 1 aromatic heterocycles. The average Bonchev–Trinajstić information content (AvgIpc) is 3.11. The highest BCUT2D eigenvalue weighted by Gasteiger charge is 2.12. The predicted molar refractivity (Wildman–Crippen MR) is 125 cm³/mol. The SMILES string of the molecule is CCNC(=NCc1c(CC)noc1CC)NCCCCOc1ccccc1.I. The number of ether oxygens (including phenoxy) is 1. The van der Waals surface area contributed by atoms with E-state index in [1.54, 1.807) is 0 Å². The number of nitrogens with zero attached hydrogens (tertiary/aromatic N) is 2. The van der Waals surface area contributed by atoms with E-state index in [4.69, 9.17) is 14.3 Å².